The van der Waals surface area contributed by atoms with Gasteiger partial charge in [0.2, 0.25) is 0 Å². The van der Waals surface area contributed by atoms with Gasteiger partial charge in [-0.1, -0.05) is 0 Å². The lowest BCUT2D eigenvalue weighted by atomic mass is 9.98. The molecule has 1 aromatic carbocycles. The van der Waals surface area contributed by atoms with E-state index in [1.807, 2.05) is 12.1 Å². The van der Waals surface area contributed by atoms with Gasteiger partial charge >= 0.3 is 0 Å². The monoisotopic (exact) mass is 234 g/mol. The molecule has 3 heteroatoms. The number of halogens is 1. The summed E-state index contributed by atoms with van der Waals surface area (Å²) in [5, 5.41) is 3.65. The van der Waals surface area contributed by atoms with Crippen LogP contribution in [0.15, 0.2) is 24.3 Å². The van der Waals surface area contributed by atoms with Gasteiger partial charge in [0, 0.05) is 30.9 Å². The molecule has 0 aromatic heterocycles. The van der Waals surface area contributed by atoms with Crippen molar-refractivity contribution in [2.45, 2.75) is 43.8 Å². The largest absolute Gasteiger partial charge is 0.371 e. The van der Waals surface area contributed by atoms with Crippen LogP contribution in [0, 0.1) is 5.82 Å². The predicted octanol–water partition coefficient (Wildman–Crippen LogP) is 2.54. The van der Waals surface area contributed by atoms with Crippen molar-refractivity contribution in [3.8, 4) is 0 Å². The van der Waals surface area contributed by atoms with Crippen LogP contribution in [-0.4, -0.2) is 25.2 Å². The third-order valence-corrected chi connectivity index (χ3v) is 4.23. The maximum atomic E-state index is 12.9. The summed E-state index contributed by atoms with van der Waals surface area (Å²) in [5.41, 5.74) is 1.12. The molecule has 1 aromatic rings. The normalized spacial score (nSPS) is 31.5. The lowest BCUT2D eigenvalue weighted by Crippen LogP contribution is -2.47. The maximum Gasteiger partial charge on any atom is 0.123 e. The van der Waals surface area contributed by atoms with Crippen LogP contribution in [0.25, 0.3) is 0 Å². The van der Waals surface area contributed by atoms with Crippen LogP contribution >= 0.6 is 0 Å². The highest BCUT2D eigenvalue weighted by molar-refractivity contribution is 5.46. The van der Waals surface area contributed by atoms with Gasteiger partial charge < -0.3 is 10.2 Å². The lowest BCUT2D eigenvalue weighted by molar-refractivity contribution is 0.355. The Hall–Kier alpha value is -1.09. The standard InChI is InChI=1S/C14H19FN2/c1-17(13-6-2-10(15)3-7-13)14-8-11-4-5-12(9-14)16-11/h2-3,6-7,11-12,14,16H,4-5,8-9H2,1H3. The summed E-state index contributed by atoms with van der Waals surface area (Å²) < 4.78 is 12.9. The molecule has 1 N–H and O–H groups in total. The molecule has 2 aliphatic rings. The van der Waals surface area contributed by atoms with E-state index in [0.717, 1.165) is 5.69 Å². The summed E-state index contributed by atoms with van der Waals surface area (Å²) in [6, 6.07) is 8.82. The highest BCUT2D eigenvalue weighted by Gasteiger charge is 2.35. The van der Waals surface area contributed by atoms with Crippen LogP contribution in [0.4, 0.5) is 10.1 Å². The Morgan fingerprint density at radius 2 is 1.71 bits per heavy atom. The fraction of sp³-hybridized carbons (Fsp3) is 0.571. The quantitative estimate of drug-likeness (QED) is 0.846. The number of piperidine rings is 1. The minimum absolute atomic E-state index is 0.160. The average molecular weight is 234 g/mol. The molecule has 17 heavy (non-hydrogen) atoms. The van der Waals surface area contributed by atoms with E-state index in [1.165, 1.54) is 25.7 Å². The summed E-state index contributed by atoms with van der Waals surface area (Å²) in [4.78, 5) is 2.31. The molecule has 0 aliphatic carbocycles. The van der Waals surface area contributed by atoms with E-state index in [9.17, 15) is 4.39 Å². The molecule has 0 amide bonds. The first-order valence-electron chi connectivity index (χ1n) is 6.47. The third-order valence-electron chi connectivity index (χ3n) is 4.23. The third kappa shape index (κ3) is 2.16. The van der Waals surface area contributed by atoms with Crippen molar-refractivity contribution in [1.29, 1.82) is 0 Å². The number of nitrogens with one attached hydrogen (secondary N) is 1. The van der Waals surface area contributed by atoms with Gasteiger partial charge in [-0.05, 0) is 49.9 Å². The summed E-state index contributed by atoms with van der Waals surface area (Å²) in [7, 11) is 2.13. The molecule has 2 atom stereocenters. The van der Waals surface area contributed by atoms with Crippen LogP contribution in [0.3, 0.4) is 0 Å². The Bertz CT molecular complexity index is 378. The van der Waals surface area contributed by atoms with Crippen molar-refractivity contribution in [2.75, 3.05) is 11.9 Å². The van der Waals surface area contributed by atoms with Gasteiger partial charge in [-0.3, -0.25) is 0 Å². The van der Waals surface area contributed by atoms with Gasteiger partial charge in [0.1, 0.15) is 5.82 Å². The minimum atomic E-state index is -0.160. The SMILES string of the molecule is CN(c1ccc(F)cc1)C1CC2CCC(C1)N2. The van der Waals surface area contributed by atoms with E-state index in [0.29, 0.717) is 18.1 Å². The Labute approximate surface area is 102 Å². The van der Waals surface area contributed by atoms with Crippen LogP contribution < -0.4 is 10.2 Å². The molecule has 2 unspecified atom stereocenters. The number of hydrogen-bond donors (Lipinski definition) is 1. The van der Waals surface area contributed by atoms with Gasteiger partial charge in [0.25, 0.3) is 0 Å². The second-order valence-corrected chi connectivity index (χ2v) is 5.35. The number of hydrogen-bond acceptors (Lipinski definition) is 2. The summed E-state index contributed by atoms with van der Waals surface area (Å²) in [6.07, 6.45) is 5.06. The van der Waals surface area contributed by atoms with Crippen molar-refractivity contribution in [2.24, 2.45) is 0 Å². The first-order chi connectivity index (χ1) is 8.22. The van der Waals surface area contributed by atoms with Crippen molar-refractivity contribution >= 4 is 5.69 Å². The fourth-order valence-corrected chi connectivity index (χ4v) is 3.23. The molecular formula is C14H19FN2. The molecular weight excluding hydrogens is 215 g/mol. The molecule has 2 saturated heterocycles. The number of anilines is 1. The molecule has 92 valence electrons. The van der Waals surface area contributed by atoms with Crippen LogP contribution in [0.5, 0.6) is 0 Å². The molecule has 2 nitrogen and oxygen atoms in total. The van der Waals surface area contributed by atoms with Crippen molar-refractivity contribution in [3.05, 3.63) is 30.1 Å². The smallest absolute Gasteiger partial charge is 0.123 e. The number of nitrogens with zero attached hydrogens (tertiary/aromatic N) is 1. The van der Waals surface area contributed by atoms with Gasteiger partial charge in [-0.15, -0.1) is 0 Å². The zero-order chi connectivity index (χ0) is 11.8. The first kappa shape index (κ1) is 11.0. The van der Waals surface area contributed by atoms with Crippen LogP contribution in [-0.2, 0) is 0 Å². The van der Waals surface area contributed by atoms with E-state index >= 15 is 0 Å². The zero-order valence-electron chi connectivity index (χ0n) is 10.2. The Morgan fingerprint density at radius 1 is 1.12 bits per heavy atom. The summed E-state index contributed by atoms with van der Waals surface area (Å²) in [5.74, 6) is -0.160. The second kappa shape index (κ2) is 4.30. The van der Waals surface area contributed by atoms with Gasteiger partial charge in [-0.25, -0.2) is 4.39 Å². The second-order valence-electron chi connectivity index (χ2n) is 5.35. The van der Waals surface area contributed by atoms with Gasteiger partial charge in [0.05, 0.1) is 0 Å². The minimum Gasteiger partial charge on any atom is -0.371 e. The predicted molar refractivity (Wildman–Crippen MR) is 67.8 cm³/mol. The van der Waals surface area contributed by atoms with E-state index in [-0.39, 0.29) is 5.82 Å². The number of rotatable bonds is 2. The molecule has 0 spiro atoms. The first-order valence-corrected chi connectivity index (χ1v) is 6.47. The summed E-state index contributed by atoms with van der Waals surface area (Å²) >= 11 is 0. The van der Waals surface area contributed by atoms with Crippen molar-refractivity contribution in [3.63, 3.8) is 0 Å². The van der Waals surface area contributed by atoms with E-state index < -0.39 is 0 Å². The molecule has 2 aliphatic heterocycles. The van der Waals surface area contributed by atoms with Crippen LogP contribution in [0.2, 0.25) is 0 Å². The van der Waals surface area contributed by atoms with Gasteiger partial charge in [0.15, 0.2) is 0 Å². The Balaban J connectivity index is 1.73. The van der Waals surface area contributed by atoms with Gasteiger partial charge in [-0.2, -0.15) is 0 Å². The van der Waals surface area contributed by atoms with E-state index in [2.05, 4.69) is 17.3 Å². The Kier molecular flexibility index (Phi) is 2.79. The molecule has 2 bridgehead atoms. The fourth-order valence-electron chi connectivity index (χ4n) is 3.23. The van der Waals surface area contributed by atoms with Crippen molar-refractivity contribution in [1.82, 2.24) is 5.32 Å². The zero-order valence-corrected chi connectivity index (χ0v) is 10.2. The molecule has 2 heterocycles. The topological polar surface area (TPSA) is 15.3 Å². The average Bonchev–Trinajstić information content (AvgIpc) is 2.68. The molecule has 0 saturated carbocycles. The number of fused-ring (bicyclic) bond motifs is 2. The molecule has 0 radical (unpaired) electrons. The number of benzene rings is 1. The maximum absolute atomic E-state index is 12.9. The summed E-state index contributed by atoms with van der Waals surface area (Å²) in [6.45, 7) is 0. The Morgan fingerprint density at radius 3 is 2.29 bits per heavy atom. The highest BCUT2D eigenvalue weighted by Crippen LogP contribution is 2.31. The van der Waals surface area contributed by atoms with Crippen molar-refractivity contribution < 1.29 is 4.39 Å². The highest BCUT2D eigenvalue weighted by atomic mass is 19.1. The lowest BCUT2D eigenvalue weighted by Gasteiger charge is -2.36. The van der Waals surface area contributed by atoms with Crippen LogP contribution in [0.1, 0.15) is 25.7 Å². The molecule has 3 rings (SSSR count). The van der Waals surface area contributed by atoms with E-state index in [1.54, 1.807) is 12.1 Å². The molecule has 2 fully saturated rings. The van der Waals surface area contributed by atoms with E-state index in [4.69, 9.17) is 0 Å².